The highest BCUT2D eigenvalue weighted by Crippen LogP contribution is 2.61. The van der Waals surface area contributed by atoms with Crippen molar-refractivity contribution in [1.29, 1.82) is 5.26 Å². The molecule has 2 heterocycles. The van der Waals surface area contributed by atoms with E-state index in [1.807, 2.05) is 5.40 Å². The van der Waals surface area contributed by atoms with Crippen molar-refractivity contribution in [3.63, 3.8) is 0 Å². The van der Waals surface area contributed by atoms with Crippen LogP contribution in [0.15, 0.2) is 47.6 Å². The van der Waals surface area contributed by atoms with Crippen LogP contribution in [0.5, 0.6) is 0 Å². The summed E-state index contributed by atoms with van der Waals surface area (Å²) >= 11 is 7.11. The molecule has 0 unspecified atom stereocenters. The van der Waals surface area contributed by atoms with E-state index in [0.29, 0.717) is 15.7 Å². The SMILES string of the molecule is Cn1nc([C@@]2(c3ccc(F)cc3F)O[C@H]2c2ccccc2Cl)nc1SC#N. The van der Waals surface area contributed by atoms with E-state index in [-0.39, 0.29) is 11.4 Å². The summed E-state index contributed by atoms with van der Waals surface area (Å²) in [5, 5.41) is 15.9. The maximum absolute atomic E-state index is 14.6. The zero-order valence-corrected chi connectivity index (χ0v) is 15.4. The molecular weight excluding hydrogens is 394 g/mol. The highest BCUT2D eigenvalue weighted by molar-refractivity contribution is 8.03. The Labute approximate surface area is 162 Å². The molecule has 1 aromatic heterocycles. The summed E-state index contributed by atoms with van der Waals surface area (Å²) in [5.74, 6) is -1.29. The van der Waals surface area contributed by atoms with Gasteiger partial charge in [-0.3, -0.25) is 0 Å². The Hall–Kier alpha value is -2.47. The molecule has 1 saturated heterocycles. The molecule has 0 aliphatic carbocycles. The Morgan fingerprint density at radius 3 is 2.78 bits per heavy atom. The smallest absolute Gasteiger partial charge is 0.201 e. The molecule has 3 aromatic rings. The van der Waals surface area contributed by atoms with Crippen LogP contribution in [0.1, 0.15) is 23.1 Å². The summed E-state index contributed by atoms with van der Waals surface area (Å²) in [6.45, 7) is 0. The first-order chi connectivity index (χ1) is 13.0. The quantitative estimate of drug-likeness (QED) is 0.367. The maximum atomic E-state index is 14.6. The van der Waals surface area contributed by atoms with Crippen LogP contribution in [0.3, 0.4) is 0 Å². The lowest BCUT2D eigenvalue weighted by atomic mass is 9.90. The third kappa shape index (κ3) is 2.88. The maximum Gasteiger partial charge on any atom is 0.201 e. The summed E-state index contributed by atoms with van der Waals surface area (Å²) in [6.07, 6.45) is -0.645. The second-order valence-electron chi connectivity index (χ2n) is 5.91. The second kappa shape index (κ2) is 6.60. The predicted octanol–water partition coefficient (Wildman–Crippen LogP) is 4.33. The number of aryl methyl sites for hydroxylation is 1. The second-order valence-corrected chi connectivity index (χ2v) is 7.07. The Morgan fingerprint density at radius 1 is 1.30 bits per heavy atom. The highest BCUT2D eigenvalue weighted by Gasteiger charge is 2.64. The lowest BCUT2D eigenvalue weighted by Gasteiger charge is -2.12. The van der Waals surface area contributed by atoms with Gasteiger partial charge in [0.1, 0.15) is 23.1 Å². The average molecular weight is 405 g/mol. The normalized spacial score (nSPS) is 21.1. The van der Waals surface area contributed by atoms with Crippen LogP contribution in [-0.2, 0) is 17.4 Å². The van der Waals surface area contributed by atoms with Gasteiger partial charge < -0.3 is 4.74 Å². The van der Waals surface area contributed by atoms with E-state index in [1.54, 1.807) is 31.3 Å². The van der Waals surface area contributed by atoms with Crippen molar-refractivity contribution in [2.24, 2.45) is 7.05 Å². The van der Waals surface area contributed by atoms with Crippen LogP contribution in [0, 0.1) is 22.3 Å². The van der Waals surface area contributed by atoms with Crippen LogP contribution in [0.2, 0.25) is 5.02 Å². The molecule has 0 saturated carbocycles. The van der Waals surface area contributed by atoms with Crippen LogP contribution in [0.25, 0.3) is 0 Å². The van der Waals surface area contributed by atoms with E-state index in [0.717, 1.165) is 23.9 Å². The van der Waals surface area contributed by atoms with E-state index < -0.39 is 23.3 Å². The number of thioether (sulfide) groups is 1. The van der Waals surface area contributed by atoms with Gasteiger partial charge in [-0.15, -0.1) is 0 Å². The molecule has 1 fully saturated rings. The molecule has 0 radical (unpaired) electrons. The molecule has 136 valence electrons. The van der Waals surface area contributed by atoms with Crippen molar-refractivity contribution in [3.05, 3.63) is 76.1 Å². The number of ether oxygens (including phenoxy) is 1. The zero-order valence-electron chi connectivity index (χ0n) is 13.9. The summed E-state index contributed by atoms with van der Waals surface area (Å²) in [4.78, 5) is 4.34. The van der Waals surface area contributed by atoms with E-state index in [2.05, 4.69) is 10.1 Å². The molecule has 0 spiro atoms. The molecule has 27 heavy (non-hydrogen) atoms. The van der Waals surface area contributed by atoms with Gasteiger partial charge in [0.05, 0.1) is 0 Å². The number of thiocyanates is 1. The number of nitrogens with zero attached hydrogens (tertiary/aromatic N) is 4. The largest absolute Gasteiger partial charge is 0.347 e. The Bertz CT molecular complexity index is 1080. The standard InChI is InChI=1S/C18H11ClF2N4OS/c1-25-17(27-9-22)23-16(24-25)18(12-7-6-10(20)8-14(12)21)15(26-18)11-4-2-3-5-13(11)19/h2-8,15H,1H3/t15-,18-/m0/s1. The van der Waals surface area contributed by atoms with E-state index in [1.165, 1.54) is 10.7 Å². The van der Waals surface area contributed by atoms with Crippen molar-refractivity contribution >= 4 is 23.4 Å². The van der Waals surface area contributed by atoms with Gasteiger partial charge in [0.15, 0.2) is 11.4 Å². The lowest BCUT2D eigenvalue weighted by molar-refractivity contribution is 0.313. The lowest BCUT2D eigenvalue weighted by Crippen LogP contribution is -2.17. The van der Waals surface area contributed by atoms with Gasteiger partial charge in [-0.05, 0) is 18.2 Å². The number of nitriles is 1. The van der Waals surface area contributed by atoms with Gasteiger partial charge in [-0.25, -0.2) is 18.4 Å². The summed E-state index contributed by atoms with van der Waals surface area (Å²) in [7, 11) is 1.62. The van der Waals surface area contributed by atoms with Crippen molar-refractivity contribution in [1.82, 2.24) is 14.8 Å². The monoisotopic (exact) mass is 404 g/mol. The first-order valence-electron chi connectivity index (χ1n) is 7.82. The van der Waals surface area contributed by atoms with Crippen molar-refractivity contribution in [2.75, 3.05) is 0 Å². The molecular formula is C18H11ClF2N4OS. The average Bonchev–Trinajstić information content (AvgIpc) is 3.26. The Balaban J connectivity index is 1.89. The van der Waals surface area contributed by atoms with Crippen molar-refractivity contribution in [2.45, 2.75) is 16.9 Å². The molecule has 0 bridgehead atoms. The Morgan fingerprint density at radius 2 is 2.07 bits per heavy atom. The van der Waals surface area contributed by atoms with Crippen LogP contribution in [0.4, 0.5) is 8.78 Å². The fourth-order valence-electron chi connectivity index (χ4n) is 3.07. The Kier molecular flexibility index (Phi) is 4.38. The minimum absolute atomic E-state index is 0.105. The van der Waals surface area contributed by atoms with Crippen LogP contribution < -0.4 is 0 Å². The topological polar surface area (TPSA) is 67.0 Å². The van der Waals surface area contributed by atoms with E-state index in [4.69, 9.17) is 21.6 Å². The fraction of sp³-hybridized carbons (Fsp3) is 0.167. The number of halogens is 3. The van der Waals surface area contributed by atoms with Gasteiger partial charge in [0.25, 0.3) is 0 Å². The zero-order chi connectivity index (χ0) is 19.2. The number of benzene rings is 2. The summed E-state index contributed by atoms with van der Waals surface area (Å²) in [6, 6.07) is 10.3. The van der Waals surface area contributed by atoms with Gasteiger partial charge in [0, 0.05) is 41.0 Å². The minimum atomic E-state index is -1.35. The minimum Gasteiger partial charge on any atom is -0.347 e. The molecule has 1 aliphatic rings. The number of epoxide rings is 1. The molecule has 5 nitrogen and oxygen atoms in total. The number of aromatic nitrogens is 3. The number of rotatable bonds is 4. The van der Waals surface area contributed by atoms with Crippen LogP contribution >= 0.6 is 23.4 Å². The van der Waals surface area contributed by atoms with E-state index in [9.17, 15) is 8.78 Å². The third-order valence-electron chi connectivity index (χ3n) is 4.33. The highest BCUT2D eigenvalue weighted by atomic mass is 35.5. The molecule has 1 aliphatic heterocycles. The molecule has 2 atom stereocenters. The number of hydrogen-bond donors (Lipinski definition) is 0. The first-order valence-corrected chi connectivity index (χ1v) is 9.02. The van der Waals surface area contributed by atoms with Gasteiger partial charge in [0.2, 0.25) is 5.16 Å². The third-order valence-corrected chi connectivity index (χ3v) is 5.30. The van der Waals surface area contributed by atoms with Gasteiger partial charge in [-0.1, -0.05) is 29.8 Å². The fourth-order valence-corrected chi connectivity index (χ4v) is 3.69. The molecule has 2 aromatic carbocycles. The van der Waals surface area contributed by atoms with Crippen molar-refractivity contribution < 1.29 is 13.5 Å². The van der Waals surface area contributed by atoms with Crippen LogP contribution in [-0.4, -0.2) is 14.8 Å². The molecule has 4 rings (SSSR count). The predicted molar refractivity (Wildman–Crippen MR) is 94.9 cm³/mol. The first kappa shape index (κ1) is 17.9. The number of hydrogen-bond acceptors (Lipinski definition) is 5. The summed E-state index contributed by atoms with van der Waals surface area (Å²) < 4.78 is 35.4. The van der Waals surface area contributed by atoms with Gasteiger partial charge >= 0.3 is 0 Å². The van der Waals surface area contributed by atoms with Gasteiger partial charge in [-0.2, -0.15) is 10.4 Å². The summed E-state index contributed by atoms with van der Waals surface area (Å²) in [5.41, 5.74) is -0.604. The molecule has 0 amide bonds. The van der Waals surface area contributed by atoms with E-state index >= 15 is 0 Å². The van der Waals surface area contributed by atoms with Crippen molar-refractivity contribution in [3.8, 4) is 5.40 Å². The molecule has 0 N–H and O–H groups in total. The molecule has 9 heteroatoms.